The van der Waals surface area contributed by atoms with Crippen molar-refractivity contribution in [3.63, 3.8) is 0 Å². The van der Waals surface area contributed by atoms with Crippen molar-refractivity contribution >= 4 is 33.3 Å². The minimum atomic E-state index is -0.865. The number of carbonyl (C=O) groups excluding carboxylic acids is 2. The average molecular weight is 721 g/mol. The Hall–Kier alpha value is -3.57. The van der Waals surface area contributed by atoms with Gasteiger partial charge in [-0.1, -0.05) is 48.5 Å². The highest BCUT2D eigenvalue weighted by molar-refractivity contribution is 9.10. The number of ether oxygens (including phenoxy) is 1. The van der Waals surface area contributed by atoms with Gasteiger partial charge in [0.2, 0.25) is 5.91 Å². The number of rotatable bonds is 13. The average Bonchev–Trinajstić information content (AvgIpc) is 3.93. The summed E-state index contributed by atoms with van der Waals surface area (Å²) in [5.41, 5.74) is 5.78. The van der Waals surface area contributed by atoms with Gasteiger partial charge in [0.05, 0.1) is 29.8 Å². The highest BCUT2D eigenvalue weighted by atomic mass is 79.9. The summed E-state index contributed by atoms with van der Waals surface area (Å²) < 4.78 is 20.1. The van der Waals surface area contributed by atoms with Gasteiger partial charge in [-0.2, -0.15) is 0 Å². The number of aliphatic hydroxyl groups excluding tert-OH is 2. The summed E-state index contributed by atoms with van der Waals surface area (Å²) in [6, 6.07) is 20.5. The van der Waals surface area contributed by atoms with E-state index in [9.17, 15) is 24.2 Å². The van der Waals surface area contributed by atoms with Crippen LogP contribution in [0.15, 0.2) is 76.8 Å². The van der Waals surface area contributed by atoms with Crippen LogP contribution >= 0.6 is 15.9 Å². The van der Waals surface area contributed by atoms with E-state index < -0.39 is 6.10 Å². The maximum atomic E-state index is 14.7. The van der Waals surface area contributed by atoms with Crippen molar-refractivity contribution in [2.75, 3.05) is 26.3 Å². The van der Waals surface area contributed by atoms with E-state index in [0.29, 0.717) is 44.8 Å². The Morgan fingerprint density at radius 3 is 2.54 bits per heavy atom. The van der Waals surface area contributed by atoms with E-state index in [1.54, 1.807) is 13.0 Å². The molecular weight excluding hydrogens is 677 g/mol. The molecule has 8 nitrogen and oxygen atoms in total. The van der Waals surface area contributed by atoms with Gasteiger partial charge >= 0.3 is 0 Å². The van der Waals surface area contributed by atoms with Crippen molar-refractivity contribution in [2.24, 2.45) is 0 Å². The first kappa shape index (κ1) is 34.3. The summed E-state index contributed by atoms with van der Waals surface area (Å²) in [4.78, 5) is 31.0. The van der Waals surface area contributed by atoms with E-state index >= 15 is 0 Å². The number of nitrogens with one attached hydrogen (secondary N) is 1. The Balaban J connectivity index is 1.24. The van der Waals surface area contributed by atoms with Crippen LogP contribution in [0.4, 0.5) is 4.39 Å². The smallest absolute Gasteiger partial charge is 0.252 e. The monoisotopic (exact) mass is 719 g/mol. The first-order valence-electron chi connectivity index (χ1n) is 16.8. The van der Waals surface area contributed by atoms with Gasteiger partial charge in [-0.05, 0) is 88.0 Å². The third kappa shape index (κ3) is 8.17. The van der Waals surface area contributed by atoms with Crippen molar-refractivity contribution in [1.82, 2.24) is 15.1 Å². The van der Waals surface area contributed by atoms with Crippen LogP contribution in [0.3, 0.4) is 0 Å². The third-order valence-corrected chi connectivity index (χ3v) is 10.2. The lowest BCUT2D eigenvalue weighted by Gasteiger charge is -2.44. The van der Waals surface area contributed by atoms with Gasteiger partial charge in [0.1, 0.15) is 11.6 Å². The third-order valence-electron chi connectivity index (χ3n) is 9.52. The first-order valence-corrected chi connectivity index (χ1v) is 17.6. The van der Waals surface area contributed by atoms with Gasteiger partial charge in [-0.15, -0.1) is 0 Å². The maximum absolute atomic E-state index is 14.7. The number of aliphatic hydroxyl groups is 2. The van der Waals surface area contributed by atoms with Gasteiger partial charge in [-0.3, -0.25) is 9.59 Å². The van der Waals surface area contributed by atoms with Crippen molar-refractivity contribution in [2.45, 2.75) is 76.2 Å². The Morgan fingerprint density at radius 1 is 1.08 bits per heavy atom. The lowest BCUT2D eigenvalue weighted by Crippen LogP contribution is -2.61. The molecule has 254 valence electrons. The van der Waals surface area contributed by atoms with Crippen LogP contribution < -0.4 is 10.1 Å². The van der Waals surface area contributed by atoms with Crippen LogP contribution in [-0.4, -0.2) is 82.4 Å². The fourth-order valence-corrected chi connectivity index (χ4v) is 7.22. The number of aryl methyl sites for hydroxylation is 1. The highest BCUT2D eigenvalue weighted by Gasteiger charge is 2.43. The van der Waals surface area contributed by atoms with E-state index in [-0.39, 0.29) is 42.4 Å². The molecule has 2 fully saturated rings. The van der Waals surface area contributed by atoms with Crippen LogP contribution in [0, 0.1) is 5.82 Å². The Labute approximate surface area is 289 Å². The number of fused-ring (bicyclic) bond motifs is 2. The zero-order chi connectivity index (χ0) is 33.8. The molecule has 3 aliphatic rings. The number of piperazine rings is 1. The van der Waals surface area contributed by atoms with Gasteiger partial charge in [-0.25, -0.2) is 4.39 Å². The SMILES string of the molecule is CC(=O)N1C[C@H]2CC(c3ccc(CCCOc4cc(F)ccc4Br)cc3)=C(C(=O)N(Cc3ccccc3C[C@H](O)CO)C3CC3)[C@@H](C1)N2. The summed E-state index contributed by atoms with van der Waals surface area (Å²) >= 11 is 3.40. The Kier molecular flexibility index (Phi) is 10.9. The molecule has 2 amide bonds. The second-order valence-electron chi connectivity index (χ2n) is 13.1. The number of benzene rings is 3. The Morgan fingerprint density at radius 2 is 1.83 bits per heavy atom. The van der Waals surface area contributed by atoms with Crippen molar-refractivity contribution < 1.29 is 28.9 Å². The molecule has 1 aliphatic carbocycles. The van der Waals surface area contributed by atoms with Crippen LogP contribution in [0.2, 0.25) is 0 Å². The van der Waals surface area contributed by atoms with E-state index in [0.717, 1.165) is 63.6 Å². The molecule has 0 aromatic heterocycles. The fourth-order valence-electron chi connectivity index (χ4n) is 6.86. The summed E-state index contributed by atoms with van der Waals surface area (Å²) in [5, 5.41) is 23.3. The molecule has 48 heavy (non-hydrogen) atoms. The lowest BCUT2D eigenvalue weighted by atomic mass is 9.82. The molecule has 3 aromatic carbocycles. The second kappa shape index (κ2) is 15.3. The standard InChI is InChI=1S/C38H43BrFN3O5/c1-24(45)42-21-30-19-33(26-10-8-25(9-11-26)5-4-16-48-36-18-29(40)12-15-34(36)39)37(35(22-42)41-30)38(47)43(31-13-14-31)20-28-7-3-2-6-27(28)17-32(46)23-44/h2-3,6-12,15,18,30-32,35,41,44,46H,4-5,13-14,16-17,19-23H2,1H3/t30-,32+,35-/m1/s1. The van der Waals surface area contributed by atoms with Crippen LogP contribution in [0.25, 0.3) is 5.57 Å². The molecule has 0 radical (unpaired) electrons. The molecule has 0 spiro atoms. The minimum absolute atomic E-state index is 0.00950. The topological polar surface area (TPSA) is 102 Å². The zero-order valence-electron chi connectivity index (χ0n) is 27.2. The number of hydrogen-bond donors (Lipinski definition) is 3. The van der Waals surface area contributed by atoms with Gasteiger partial charge in [0.25, 0.3) is 5.91 Å². The summed E-state index contributed by atoms with van der Waals surface area (Å²) in [5.74, 6) is 0.141. The Bertz CT molecular complexity index is 1660. The predicted octanol–water partition coefficient (Wildman–Crippen LogP) is 5.03. The quantitative estimate of drug-likeness (QED) is 0.214. The number of amides is 2. The van der Waals surface area contributed by atoms with E-state index in [1.807, 2.05) is 34.1 Å². The molecule has 2 heterocycles. The maximum Gasteiger partial charge on any atom is 0.252 e. The molecule has 1 saturated carbocycles. The van der Waals surface area contributed by atoms with Crippen LogP contribution in [0.1, 0.15) is 54.9 Å². The molecule has 1 saturated heterocycles. The number of halogens is 2. The van der Waals surface area contributed by atoms with E-state index in [2.05, 4.69) is 45.5 Å². The van der Waals surface area contributed by atoms with Gasteiger partial charge in [0.15, 0.2) is 0 Å². The van der Waals surface area contributed by atoms with Gasteiger partial charge in [0, 0.05) is 56.7 Å². The molecular formula is C38H43BrFN3O5. The molecule has 3 aromatic rings. The lowest BCUT2D eigenvalue weighted by molar-refractivity contribution is -0.132. The zero-order valence-corrected chi connectivity index (χ0v) is 28.8. The number of nitrogens with zero attached hydrogens (tertiary/aromatic N) is 2. The largest absolute Gasteiger partial charge is 0.492 e. The molecule has 10 heteroatoms. The molecule has 2 aliphatic heterocycles. The molecule has 2 bridgehead atoms. The first-order chi connectivity index (χ1) is 23.2. The van der Waals surface area contributed by atoms with Crippen LogP contribution in [-0.2, 0) is 29.0 Å². The molecule has 3 N–H and O–H groups in total. The second-order valence-corrected chi connectivity index (χ2v) is 14.0. The normalized spacial score (nSPS) is 19.6. The molecule has 6 rings (SSSR count). The minimum Gasteiger partial charge on any atom is -0.492 e. The highest BCUT2D eigenvalue weighted by Crippen LogP contribution is 2.38. The number of hydrogen-bond acceptors (Lipinski definition) is 6. The van der Waals surface area contributed by atoms with Crippen LogP contribution in [0.5, 0.6) is 5.75 Å². The van der Waals surface area contributed by atoms with Crippen molar-refractivity contribution in [1.29, 1.82) is 0 Å². The summed E-state index contributed by atoms with van der Waals surface area (Å²) in [6.07, 6.45) is 3.50. The summed E-state index contributed by atoms with van der Waals surface area (Å²) in [7, 11) is 0. The predicted molar refractivity (Wildman–Crippen MR) is 186 cm³/mol. The van der Waals surface area contributed by atoms with E-state index in [4.69, 9.17) is 4.74 Å². The molecule has 3 atom stereocenters. The van der Waals surface area contributed by atoms with E-state index in [1.165, 1.54) is 12.1 Å². The van der Waals surface area contributed by atoms with Crippen molar-refractivity contribution in [3.05, 3.63) is 105 Å². The van der Waals surface area contributed by atoms with Gasteiger partial charge < -0.3 is 30.1 Å². The summed E-state index contributed by atoms with van der Waals surface area (Å²) in [6.45, 7) is 3.16. The molecule has 0 unspecified atom stereocenters. The number of carbonyl (C=O) groups is 2. The fraction of sp³-hybridized carbons (Fsp3) is 0.421. The van der Waals surface area contributed by atoms with Crippen molar-refractivity contribution in [3.8, 4) is 5.75 Å².